The molecule has 0 radical (unpaired) electrons. The summed E-state index contributed by atoms with van der Waals surface area (Å²) in [4.78, 5) is 23.6. The number of nitrogens with one attached hydrogen (secondary N) is 3. The van der Waals surface area contributed by atoms with Crippen LogP contribution in [0.5, 0.6) is 0 Å². The van der Waals surface area contributed by atoms with E-state index in [2.05, 4.69) is 20.8 Å². The van der Waals surface area contributed by atoms with Crippen LogP contribution in [0.25, 0.3) is 11.1 Å². The third kappa shape index (κ3) is 3.98. The van der Waals surface area contributed by atoms with Crippen molar-refractivity contribution in [1.82, 2.24) is 20.1 Å². The number of hydrogen-bond donors (Lipinski definition) is 3. The Morgan fingerprint density at radius 1 is 1.38 bits per heavy atom. The Morgan fingerprint density at radius 3 is 3.00 bits per heavy atom. The molecule has 9 nitrogen and oxygen atoms in total. The highest BCUT2D eigenvalue weighted by atomic mass is 16.6. The fourth-order valence-electron chi connectivity index (χ4n) is 3.80. The van der Waals surface area contributed by atoms with E-state index in [1.165, 1.54) is 4.57 Å². The minimum Gasteiger partial charge on any atom is -0.446 e. The molecule has 154 valence electrons. The first-order valence-corrected chi connectivity index (χ1v) is 9.78. The van der Waals surface area contributed by atoms with Crippen molar-refractivity contribution in [2.45, 2.75) is 51.2 Å². The molecule has 4 rings (SSSR count). The van der Waals surface area contributed by atoms with Gasteiger partial charge in [0.1, 0.15) is 11.6 Å². The molecule has 2 aromatic heterocycles. The van der Waals surface area contributed by atoms with Gasteiger partial charge in [-0.3, -0.25) is 9.67 Å². The van der Waals surface area contributed by atoms with Crippen LogP contribution in [0.2, 0.25) is 0 Å². The monoisotopic (exact) mass is 399 g/mol. The van der Waals surface area contributed by atoms with Gasteiger partial charge in [0, 0.05) is 30.8 Å². The number of aromatic amines is 1. The van der Waals surface area contributed by atoms with Gasteiger partial charge in [0.2, 0.25) is 0 Å². The summed E-state index contributed by atoms with van der Waals surface area (Å²) in [7, 11) is 1.67. The lowest BCUT2D eigenvalue weighted by Gasteiger charge is -2.14. The van der Waals surface area contributed by atoms with E-state index in [1.807, 2.05) is 32.0 Å². The number of para-hydroxylation sites is 1. The average Bonchev–Trinajstić information content (AvgIpc) is 3.35. The number of aryl methyl sites for hydroxylation is 1. The standard InChI is InChI=1S/C20H25N5O4/c1-11(2)21-19(26)28-13-8-7-12(9-13)15-10-17(24-23-15)22-14-5-4-6-16-18(14)25(3)20(27)29-16/h4-6,10-13H,7-9H2,1-3H3,(H,21,26)(H2,22,23,24)/t12-,13+/m0/s1. The minimum atomic E-state index is -0.407. The highest BCUT2D eigenvalue weighted by Gasteiger charge is 2.30. The molecule has 3 aromatic rings. The number of benzene rings is 1. The molecule has 0 unspecified atom stereocenters. The first-order chi connectivity index (χ1) is 13.9. The lowest BCUT2D eigenvalue weighted by Crippen LogP contribution is -2.33. The van der Waals surface area contributed by atoms with Gasteiger partial charge in [0.25, 0.3) is 0 Å². The molecular weight excluding hydrogens is 374 g/mol. The number of carbonyl (C=O) groups is 1. The Morgan fingerprint density at radius 2 is 2.21 bits per heavy atom. The van der Waals surface area contributed by atoms with Crippen molar-refractivity contribution in [3.05, 3.63) is 40.5 Å². The van der Waals surface area contributed by atoms with Crippen molar-refractivity contribution in [2.24, 2.45) is 7.05 Å². The zero-order valence-electron chi connectivity index (χ0n) is 16.7. The molecule has 2 atom stereocenters. The van der Waals surface area contributed by atoms with Crippen LogP contribution in [-0.4, -0.2) is 33.0 Å². The Bertz CT molecular complexity index is 1080. The van der Waals surface area contributed by atoms with Crippen LogP contribution >= 0.6 is 0 Å². The minimum absolute atomic E-state index is 0.0557. The Balaban J connectivity index is 1.43. The van der Waals surface area contributed by atoms with E-state index in [0.29, 0.717) is 16.9 Å². The number of aromatic nitrogens is 3. The van der Waals surface area contributed by atoms with Crippen molar-refractivity contribution in [3.63, 3.8) is 0 Å². The number of amides is 1. The number of hydrogen-bond acceptors (Lipinski definition) is 6. The number of anilines is 2. The van der Waals surface area contributed by atoms with Crippen LogP contribution in [0.4, 0.5) is 16.3 Å². The topological polar surface area (TPSA) is 114 Å². The normalized spacial score (nSPS) is 19.0. The third-order valence-electron chi connectivity index (χ3n) is 5.17. The number of oxazole rings is 1. The molecule has 9 heteroatoms. The zero-order valence-corrected chi connectivity index (χ0v) is 16.7. The number of H-pyrrole nitrogens is 1. The maximum atomic E-state index is 11.8. The number of nitrogens with zero attached hydrogens (tertiary/aromatic N) is 2. The summed E-state index contributed by atoms with van der Waals surface area (Å²) in [6.45, 7) is 3.81. The van der Waals surface area contributed by atoms with E-state index >= 15 is 0 Å². The van der Waals surface area contributed by atoms with Crippen molar-refractivity contribution in [3.8, 4) is 0 Å². The fourth-order valence-corrected chi connectivity index (χ4v) is 3.80. The van der Waals surface area contributed by atoms with Gasteiger partial charge < -0.3 is 19.8 Å². The van der Waals surface area contributed by atoms with Crippen LogP contribution in [0.15, 0.2) is 33.5 Å². The summed E-state index contributed by atoms with van der Waals surface area (Å²) in [5.74, 6) is 0.502. The van der Waals surface area contributed by atoms with Crippen LogP contribution in [0.1, 0.15) is 44.7 Å². The van der Waals surface area contributed by atoms with Gasteiger partial charge in [-0.2, -0.15) is 5.10 Å². The highest BCUT2D eigenvalue weighted by Crippen LogP contribution is 2.36. The summed E-state index contributed by atoms with van der Waals surface area (Å²) in [6.07, 6.45) is 2.06. The van der Waals surface area contributed by atoms with Gasteiger partial charge in [-0.1, -0.05) is 6.07 Å². The SMILES string of the molecule is CC(C)NC(=O)O[C@@H]1CC[C@H](c2cc(Nc3cccc4oc(=O)n(C)c34)n[nH]2)C1. The molecule has 2 heterocycles. The Kier molecular flexibility index (Phi) is 5.04. The maximum absolute atomic E-state index is 11.8. The number of rotatable bonds is 5. The van der Waals surface area contributed by atoms with Crippen LogP contribution in [-0.2, 0) is 11.8 Å². The van der Waals surface area contributed by atoms with Gasteiger partial charge in [0.05, 0.1) is 5.69 Å². The molecule has 29 heavy (non-hydrogen) atoms. The second kappa shape index (κ2) is 7.65. The van der Waals surface area contributed by atoms with Gasteiger partial charge >= 0.3 is 11.8 Å². The van der Waals surface area contributed by atoms with Gasteiger partial charge in [-0.05, 0) is 45.2 Å². The van der Waals surface area contributed by atoms with Crippen LogP contribution in [0, 0.1) is 0 Å². The third-order valence-corrected chi connectivity index (χ3v) is 5.17. The highest BCUT2D eigenvalue weighted by molar-refractivity contribution is 5.88. The average molecular weight is 399 g/mol. The molecule has 1 amide bonds. The Hall–Kier alpha value is -3.23. The zero-order chi connectivity index (χ0) is 20.5. The van der Waals surface area contributed by atoms with Gasteiger partial charge in [-0.25, -0.2) is 9.59 Å². The Labute approximate surface area is 167 Å². The van der Waals surface area contributed by atoms with E-state index in [-0.39, 0.29) is 24.2 Å². The number of alkyl carbamates (subject to hydrolysis) is 1. The molecule has 0 bridgehead atoms. The van der Waals surface area contributed by atoms with Crippen molar-refractivity contribution in [2.75, 3.05) is 5.32 Å². The predicted molar refractivity (Wildman–Crippen MR) is 108 cm³/mol. The van der Waals surface area contributed by atoms with E-state index in [4.69, 9.17) is 9.15 Å². The van der Waals surface area contributed by atoms with Crippen molar-refractivity contribution in [1.29, 1.82) is 0 Å². The molecule has 0 aliphatic heterocycles. The molecule has 1 aliphatic rings. The second-order valence-electron chi connectivity index (χ2n) is 7.75. The lowest BCUT2D eigenvalue weighted by molar-refractivity contribution is 0.0981. The molecule has 1 fully saturated rings. The van der Waals surface area contributed by atoms with Crippen LogP contribution in [0.3, 0.4) is 0 Å². The van der Waals surface area contributed by atoms with Crippen molar-refractivity contribution < 1.29 is 13.9 Å². The molecular formula is C20H25N5O4. The maximum Gasteiger partial charge on any atom is 0.419 e. The number of fused-ring (bicyclic) bond motifs is 1. The molecule has 1 aromatic carbocycles. The van der Waals surface area contributed by atoms with E-state index in [9.17, 15) is 9.59 Å². The molecule has 3 N–H and O–H groups in total. The first kappa shape index (κ1) is 19.1. The van der Waals surface area contributed by atoms with Gasteiger partial charge in [0.15, 0.2) is 11.4 Å². The smallest absolute Gasteiger partial charge is 0.419 e. The summed E-state index contributed by atoms with van der Waals surface area (Å²) in [5.41, 5.74) is 2.95. The predicted octanol–water partition coefficient (Wildman–Crippen LogP) is 3.37. The fraction of sp³-hybridized carbons (Fsp3) is 0.450. The molecule has 0 spiro atoms. The molecule has 0 saturated heterocycles. The van der Waals surface area contributed by atoms with E-state index in [1.54, 1.807) is 13.1 Å². The quantitative estimate of drug-likeness (QED) is 0.606. The summed E-state index contributed by atoms with van der Waals surface area (Å²) in [5, 5.41) is 13.4. The number of ether oxygens (including phenoxy) is 1. The molecule has 1 saturated carbocycles. The van der Waals surface area contributed by atoms with E-state index in [0.717, 1.165) is 30.6 Å². The molecule has 1 aliphatic carbocycles. The van der Waals surface area contributed by atoms with Gasteiger partial charge in [-0.15, -0.1) is 0 Å². The second-order valence-corrected chi connectivity index (χ2v) is 7.75. The van der Waals surface area contributed by atoms with E-state index < -0.39 is 5.76 Å². The first-order valence-electron chi connectivity index (χ1n) is 9.78. The van der Waals surface area contributed by atoms with Crippen LogP contribution < -0.4 is 16.4 Å². The largest absolute Gasteiger partial charge is 0.446 e. The van der Waals surface area contributed by atoms with Crippen molar-refractivity contribution >= 4 is 28.7 Å². The summed E-state index contributed by atoms with van der Waals surface area (Å²) >= 11 is 0. The summed E-state index contributed by atoms with van der Waals surface area (Å²) in [6, 6.07) is 7.46. The summed E-state index contributed by atoms with van der Waals surface area (Å²) < 4.78 is 12.2. The number of carbonyl (C=O) groups excluding carboxylic acids is 1. The lowest BCUT2D eigenvalue weighted by atomic mass is 10.0.